The van der Waals surface area contributed by atoms with Crippen molar-refractivity contribution in [3.8, 4) is 11.3 Å². The van der Waals surface area contributed by atoms with E-state index >= 15 is 0 Å². The second kappa shape index (κ2) is 7.77. The van der Waals surface area contributed by atoms with Gasteiger partial charge in [-0.05, 0) is 40.2 Å². The molecule has 0 saturated heterocycles. The van der Waals surface area contributed by atoms with Crippen LogP contribution in [-0.4, -0.2) is 10.9 Å². The summed E-state index contributed by atoms with van der Waals surface area (Å²) in [6.45, 7) is 0. The van der Waals surface area contributed by atoms with Gasteiger partial charge in [-0.25, -0.2) is 4.98 Å². The molecule has 0 aliphatic rings. The maximum absolute atomic E-state index is 12.1. The van der Waals surface area contributed by atoms with Crippen LogP contribution in [0, 0.1) is 0 Å². The van der Waals surface area contributed by atoms with E-state index in [2.05, 4.69) is 42.2 Å². The molecule has 0 radical (unpaired) electrons. The summed E-state index contributed by atoms with van der Waals surface area (Å²) in [7, 11) is 0. The van der Waals surface area contributed by atoms with Crippen LogP contribution < -0.4 is 5.32 Å². The number of rotatable bonds is 5. The second-order valence-electron chi connectivity index (χ2n) is 5.16. The van der Waals surface area contributed by atoms with Gasteiger partial charge in [0.15, 0.2) is 11.7 Å². The highest BCUT2D eigenvalue weighted by Crippen LogP contribution is 2.24. The van der Waals surface area contributed by atoms with Gasteiger partial charge in [-0.2, -0.15) is 0 Å². The number of aromatic nitrogens is 1. The predicted octanol–water partition coefficient (Wildman–Crippen LogP) is 5.44. The topological polar surface area (TPSA) is 55.1 Å². The average Bonchev–Trinajstić information content (AvgIpc) is 3.04. The summed E-state index contributed by atoms with van der Waals surface area (Å²) >= 11 is 6.84. The molecular weight excluding hydrogens is 436 g/mol. The Bertz CT molecular complexity index is 861. The molecule has 1 heterocycles. The summed E-state index contributed by atoms with van der Waals surface area (Å²) < 4.78 is 7.56. The normalized spacial score (nSPS) is 10.6. The third kappa shape index (κ3) is 4.33. The summed E-state index contributed by atoms with van der Waals surface area (Å²) in [5.74, 6) is 1.16. The molecule has 0 fully saturated rings. The molecule has 0 aliphatic heterocycles. The number of anilines is 1. The Morgan fingerprint density at radius 1 is 1.12 bits per heavy atom. The quantitative estimate of drug-likeness (QED) is 0.564. The van der Waals surface area contributed by atoms with Gasteiger partial charge in [0.25, 0.3) is 0 Å². The van der Waals surface area contributed by atoms with Crippen LogP contribution in [0.4, 0.5) is 5.69 Å². The van der Waals surface area contributed by atoms with Crippen molar-refractivity contribution < 1.29 is 9.21 Å². The molecule has 4 nitrogen and oxygen atoms in total. The van der Waals surface area contributed by atoms with Crippen LogP contribution in [0.25, 0.3) is 11.3 Å². The Balaban J connectivity index is 1.59. The zero-order valence-electron chi connectivity index (χ0n) is 12.6. The van der Waals surface area contributed by atoms with Crippen molar-refractivity contribution in [3.05, 3.63) is 69.6 Å². The van der Waals surface area contributed by atoms with E-state index in [1.54, 1.807) is 6.20 Å². The Morgan fingerprint density at radius 2 is 1.96 bits per heavy atom. The van der Waals surface area contributed by atoms with Crippen LogP contribution >= 0.6 is 31.9 Å². The van der Waals surface area contributed by atoms with Gasteiger partial charge in [-0.3, -0.25) is 4.79 Å². The molecule has 0 spiro atoms. The number of nitrogens with one attached hydrogen (secondary N) is 1. The number of carbonyl (C=O) groups excluding carboxylic acids is 1. The number of halogens is 2. The van der Waals surface area contributed by atoms with Crippen LogP contribution in [0.15, 0.2) is 68.1 Å². The van der Waals surface area contributed by atoms with E-state index in [1.165, 1.54) is 0 Å². The highest BCUT2D eigenvalue weighted by Gasteiger charge is 2.10. The number of carbonyl (C=O) groups is 1. The summed E-state index contributed by atoms with van der Waals surface area (Å²) in [5, 5.41) is 2.86. The lowest BCUT2D eigenvalue weighted by Gasteiger charge is -2.06. The van der Waals surface area contributed by atoms with Crippen molar-refractivity contribution in [1.82, 2.24) is 4.98 Å². The molecular formula is C18H14Br2N2O2. The van der Waals surface area contributed by atoms with Gasteiger partial charge in [0, 0.05) is 27.4 Å². The molecule has 1 aromatic heterocycles. The standard InChI is InChI=1S/C18H14Br2N2O2/c19-13-5-3-4-12(10-13)16-11-21-18(24-16)9-8-17(23)22-15-7-2-1-6-14(15)20/h1-7,10-11H,8-9H2,(H,22,23). The molecule has 6 heteroatoms. The summed E-state index contributed by atoms with van der Waals surface area (Å²) in [5.41, 5.74) is 1.70. The number of hydrogen-bond donors (Lipinski definition) is 1. The van der Waals surface area contributed by atoms with Crippen LogP contribution in [0.1, 0.15) is 12.3 Å². The van der Waals surface area contributed by atoms with E-state index in [-0.39, 0.29) is 5.91 Å². The SMILES string of the molecule is O=C(CCc1ncc(-c2cccc(Br)c2)o1)Nc1ccccc1Br. The number of benzene rings is 2. The molecule has 0 atom stereocenters. The van der Waals surface area contributed by atoms with Crippen LogP contribution in [0.5, 0.6) is 0 Å². The average molecular weight is 450 g/mol. The van der Waals surface area contributed by atoms with E-state index in [9.17, 15) is 4.79 Å². The predicted molar refractivity (Wildman–Crippen MR) is 101 cm³/mol. The smallest absolute Gasteiger partial charge is 0.224 e. The lowest BCUT2D eigenvalue weighted by molar-refractivity contribution is -0.116. The highest BCUT2D eigenvalue weighted by molar-refractivity contribution is 9.10. The first-order valence-corrected chi connectivity index (χ1v) is 8.95. The summed E-state index contributed by atoms with van der Waals surface area (Å²) in [6.07, 6.45) is 2.44. The van der Waals surface area contributed by atoms with E-state index in [4.69, 9.17) is 4.42 Å². The molecule has 0 unspecified atom stereocenters. The van der Waals surface area contributed by atoms with Crippen LogP contribution in [-0.2, 0) is 11.2 Å². The second-order valence-corrected chi connectivity index (χ2v) is 6.93. The Labute approximate surface area is 156 Å². The minimum Gasteiger partial charge on any atom is -0.441 e. The van der Waals surface area contributed by atoms with Gasteiger partial charge in [0.05, 0.1) is 11.9 Å². The number of amides is 1. The molecule has 3 rings (SSSR count). The van der Waals surface area contributed by atoms with Gasteiger partial charge in [0.1, 0.15) is 0 Å². The largest absolute Gasteiger partial charge is 0.441 e. The molecule has 0 saturated carbocycles. The zero-order valence-corrected chi connectivity index (χ0v) is 15.8. The lowest BCUT2D eigenvalue weighted by Crippen LogP contribution is -2.12. The van der Waals surface area contributed by atoms with Crippen molar-refractivity contribution in [3.63, 3.8) is 0 Å². The number of nitrogens with zero attached hydrogens (tertiary/aromatic N) is 1. The number of para-hydroxylation sites is 1. The van der Waals surface area contributed by atoms with Gasteiger partial charge in [-0.15, -0.1) is 0 Å². The maximum atomic E-state index is 12.1. The maximum Gasteiger partial charge on any atom is 0.224 e. The first-order chi connectivity index (χ1) is 11.6. The molecule has 3 aromatic rings. The first-order valence-electron chi connectivity index (χ1n) is 7.37. The van der Waals surface area contributed by atoms with Crippen molar-refractivity contribution in [1.29, 1.82) is 0 Å². The first kappa shape index (κ1) is 16.9. The van der Waals surface area contributed by atoms with Crippen LogP contribution in [0.2, 0.25) is 0 Å². The fraction of sp³-hybridized carbons (Fsp3) is 0.111. The van der Waals surface area contributed by atoms with Crippen molar-refractivity contribution in [2.45, 2.75) is 12.8 Å². The lowest BCUT2D eigenvalue weighted by atomic mass is 10.2. The minimum atomic E-state index is -0.0795. The molecule has 122 valence electrons. The molecule has 0 aliphatic carbocycles. The van der Waals surface area contributed by atoms with Crippen molar-refractivity contribution >= 4 is 43.5 Å². The Hall–Kier alpha value is -1.92. The van der Waals surface area contributed by atoms with E-state index < -0.39 is 0 Å². The third-order valence-corrected chi connectivity index (χ3v) is 4.56. The van der Waals surface area contributed by atoms with Gasteiger partial charge < -0.3 is 9.73 Å². The fourth-order valence-corrected chi connectivity index (χ4v) is 2.98. The molecule has 1 N–H and O–H groups in total. The number of oxazole rings is 1. The number of hydrogen-bond acceptors (Lipinski definition) is 3. The summed E-state index contributed by atoms with van der Waals surface area (Å²) in [6, 6.07) is 15.3. The van der Waals surface area contributed by atoms with E-state index in [0.29, 0.717) is 24.5 Å². The third-order valence-electron chi connectivity index (χ3n) is 3.38. The molecule has 24 heavy (non-hydrogen) atoms. The fourth-order valence-electron chi connectivity index (χ4n) is 2.20. The van der Waals surface area contributed by atoms with Crippen molar-refractivity contribution in [2.24, 2.45) is 0 Å². The zero-order chi connectivity index (χ0) is 16.9. The van der Waals surface area contributed by atoms with Gasteiger partial charge in [-0.1, -0.05) is 40.2 Å². The molecule has 1 amide bonds. The Morgan fingerprint density at radius 3 is 2.75 bits per heavy atom. The molecule has 2 aromatic carbocycles. The van der Waals surface area contributed by atoms with Crippen molar-refractivity contribution in [2.75, 3.05) is 5.32 Å². The van der Waals surface area contributed by atoms with Crippen LogP contribution in [0.3, 0.4) is 0 Å². The van der Waals surface area contributed by atoms with Gasteiger partial charge in [0.2, 0.25) is 5.91 Å². The molecule has 0 bridgehead atoms. The minimum absolute atomic E-state index is 0.0795. The summed E-state index contributed by atoms with van der Waals surface area (Å²) in [4.78, 5) is 16.3. The number of aryl methyl sites for hydroxylation is 1. The van der Waals surface area contributed by atoms with E-state index in [0.717, 1.165) is 20.2 Å². The monoisotopic (exact) mass is 448 g/mol. The van der Waals surface area contributed by atoms with Gasteiger partial charge >= 0.3 is 0 Å². The Kier molecular flexibility index (Phi) is 5.48. The van der Waals surface area contributed by atoms with E-state index in [1.807, 2.05) is 48.5 Å². The highest BCUT2D eigenvalue weighted by atomic mass is 79.9.